The third-order valence-corrected chi connectivity index (χ3v) is 2.22. The first-order valence-corrected chi connectivity index (χ1v) is 5.18. The van der Waals surface area contributed by atoms with Gasteiger partial charge < -0.3 is 14.6 Å². The van der Waals surface area contributed by atoms with Gasteiger partial charge >= 0.3 is 5.97 Å². The predicted octanol–water partition coefficient (Wildman–Crippen LogP) is 1.89. The highest BCUT2D eigenvalue weighted by molar-refractivity contribution is 6.32. The van der Waals surface area contributed by atoms with E-state index in [9.17, 15) is 4.79 Å². The van der Waals surface area contributed by atoms with Gasteiger partial charge in [-0.05, 0) is 18.2 Å². The number of hydrogen-bond donors (Lipinski definition) is 1. The van der Waals surface area contributed by atoms with Crippen molar-refractivity contribution in [2.45, 2.75) is 6.42 Å². The SMILES string of the molecule is COc1ccc(C(=O)OCCCO)cc1Cl. The molecule has 1 rings (SSSR count). The van der Waals surface area contributed by atoms with Gasteiger partial charge in [0.1, 0.15) is 5.75 Å². The summed E-state index contributed by atoms with van der Waals surface area (Å²) in [7, 11) is 1.50. The number of halogens is 1. The Morgan fingerprint density at radius 3 is 2.81 bits per heavy atom. The Morgan fingerprint density at radius 1 is 1.50 bits per heavy atom. The lowest BCUT2D eigenvalue weighted by atomic mass is 10.2. The molecule has 4 nitrogen and oxygen atoms in total. The summed E-state index contributed by atoms with van der Waals surface area (Å²) in [6, 6.07) is 4.67. The minimum absolute atomic E-state index is 0.00332. The number of rotatable bonds is 5. The highest BCUT2D eigenvalue weighted by atomic mass is 35.5. The number of aliphatic hydroxyl groups is 1. The van der Waals surface area contributed by atoms with Crippen LogP contribution in [0.2, 0.25) is 5.02 Å². The average Bonchev–Trinajstić information content (AvgIpc) is 2.29. The zero-order valence-electron chi connectivity index (χ0n) is 8.90. The molecule has 0 saturated carbocycles. The summed E-state index contributed by atoms with van der Waals surface area (Å²) in [6.07, 6.45) is 0.426. The predicted molar refractivity (Wildman–Crippen MR) is 60.0 cm³/mol. The van der Waals surface area contributed by atoms with E-state index in [-0.39, 0.29) is 13.2 Å². The molecule has 0 spiro atoms. The second-order valence-corrected chi connectivity index (χ2v) is 3.47. The molecule has 5 heteroatoms. The summed E-state index contributed by atoms with van der Waals surface area (Å²) in [6.45, 7) is 0.190. The smallest absolute Gasteiger partial charge is 0.338 e. The second kappa shape index (κ2) is 6.35. The van der Waals surface area contributed by atoms with E-state index in [2.05, 4.69) is 0 Å². The van der Waals surface area contributed by atoms with Crippen molar-refractivity contribution >= 4 is 17.6 Å². The number of carbonyl (C=O) groups excluding carboxylic acids is 1. The minimum Gasteiger partial charge on any atom is -0.495 e. The average molecular weight is 245 g/mol. The standard InChI is InChI=1S/C11H13ClO4/c1-15-10-4-3-8(7-9(10)12)11(14)16-6-2-5-13/h3-4,7,13H,2,5-6H2,1H3. The number of aliphatic hydroxyl groups excluding tert-OH is 1. The largest absolute Gasteiger partial charge is 0.495 e. The number of ether oxygens (including phenoxy) is 2. The molecule has 0 atom stereocenters. The Hall–Kier alpha value is -1.26. The molecule has 0 aliphatic rings. The Labute approximate surface area is 98.7 Å². The van der Waals surface area contributed by atoms with Crippen molar-refractivity contribution < 1.29 is 19.4 Å². The van der Waals surface area contributed by atoms with E-state index in [0.29, 0.717) is 22.8 Å². The lowest BCUT2D eigenvalue weighted by Gasteiger charge is -2.06. The molecule has 0 unspecified atom stereocenters. The molecule has 0 aliphatic heterocycles. The molecule has 16 heavy (non-hydrogen) atoms. The molecule has 0 heterocycles. The van der Waals surface area contributed by atoms with Gasteiger partial charge in [0.05, 0.1) is 24.3 Å². The number of methoxy groups -OCH3 is 1. The Morgan fingerprint density at radius 2 is 2.25 bits per heavy atom. The fraction of sp³-hybridized carbons (Fsp3) is 0.364. The Kier molecular flexibility index (Phi) is 5.08. The Bertz CT molecular complexity index is 365. The van der Waals surface area contributed by atoms with Crippen LogP contribution in [0.4, 0.5) is 0 Å². The molecule has 0 saturated heterocycles. The molecule has 1 aromatic carbocycles. The highest BCUT2D eigenvalue weighted by Crippen LogP contribution is 2.25. The van der Waals surface area contributed by atoms with Gasteiger partial charge in [-0.25, -0.2) is 4.79 Å². The van der Waals surface area contributed by atoms with Crippen molar-refractivity contribution in [1.29, 1.82) is 0 Å². The summed E-state index contributed by atoms with van der Waals surface area (Å²) in [5.41, 5.74) is 0.365. The number of hydrogen-bond acceptors (Lipinski definition) is 4. The van der Waals surface area contributed by atoms with E-state index in [4.69, 9.17) is 26.2 Å². The van der Waals surface area contributed by atoms with Crippen LogP contribution in [-0.2, 0) is 4.74 Å². The quantitative estimate of drug-likeness (QED) is 0.635. The lowest BCUT2D eigenvalue weighted by Crippen LogP contribution is -2.07. The summed E-state index contributed by atoms with van der Waals surface area (Å²) in [4.78, 5) is 11.5. The van der Waals surface area contributed by atoms with Gasteiger partial charge in [0.15, 0.2) is 0 Å². The van der Waals surface area contributed by atoms with Gasteiger partial charge in [-0.1, -0.05) is 11.6 Å². The third kappa shape index (κ3) is 3.40. The first-order chi connectivity index (χ1) is 7.69. The molecule has 0 radical (unpaired) electrons. The molecular weight excluding hydrogens is 232 g/mol. The topological polar surface area (TPSA) is 55.8 Å². The maximum Gasteiger partial charge on any atom is 0.338 e. The maximum atomic E-state index is 11.5. The molecule has 0 aromatic heterocycles. The van der Waals surface area contributed by atoms with Crippen molar-refractivity contribution in [2.24, 2.45) is 0 Å². The van der Waals surface area contributed by atoms with E-state index < -0.39 is 5.97 Å². The molecule has 0 fully saturated rings. The van der Waals surface area contributed by atoms with Gasteiger partial charge in [0, 0.05) is 13.0 Å². The number of benzene rings is 1. The van der Waals surface area contributed by atoms with Gasteiger partial charge in [-0.2, -0.15) is 0 Å². The van der Waals surface area contributed by atoms with Crippen LogP contribution in [0, 0.1) is 0 Å². The summed E-state index contributed by atoms with van der Waals surface area (Å²) >= 11 is 5.86. The van der Waals surface area contributed by atoms with Gasteiger partial charge in [-0.15, -0.1) is 0 Å². The minimum atomic E-state index is -0.460. The van der Waals surface area contributed by atoms with Crippen LogP contribution in [0.15, 0.2) is 18.2 Å². The fourth-order valence-corrected chi connectivity index (χ4v) is 1.36. The van der Waals surface area contributed by atoms with E-state index in [1.54, 1.807) is 12.1 Å². The summed E-state index contributed by atoms with van der Waals surface area (Å²) < 4.78 is 9.86. The number of carbonyl (C=O) groups is 1. The molecular formula is C11H13ClO4. The van der Waals surface area contributed by atoms with Crippen LogP contribution in [0.1, 0.15) is 16.8 Å². The molecule has 1 aromatic rings. The zero-order valence-corrected chi connectivity index (χ0v) is 9.66. The first-order valence-electron chi connectivity index (χ1n) is 4.80. The summed E-state index contributed by atoms with van der Waals surface area (Å²) in [5.74, 6) is 0.0478. The lowest BCUT2D eigenvalue weighted by molar-refractivity contribution is 0.0482. The van der Waals surface area contributed by atoms with Crippen LogP contribution in [-0.4, -0.2) is 31.4 Å². The number of esters is 1. The molecule has 0 aliphatic carbocycles. The van der Waals surface area contributed by atoms with Gasteiger partial charge in [-0.3, -0.25) is 0 Å². The van der Waals surface area contributed by atoms with Crippen molar-refractivity contribution in [2.75, 3.05) is 20.3 Å². The van der Waals surface area contributed by atoms with Crippen molar-refractivity contribution in [3.63, 3.8) is 0 Å². The van der Waals surface area contributed by atoms with Gasteiger partial charge in [0.25, 0.3) is 0 Å². The van der Waals surface area contributed by atoms with Crippen molar-refractivity contribution in [3.8, 4) is 5.75 Å². The van der Waals surface area contributed by atoms with Crippen LogP contribution in [0.25, 0.3) is 0 Å². The normalized spacial score (nSPS) is 9.94. The maximum absolute atomic E-state index is 11.5. The highest BCUT2D eigenvalue weighted by Gasteiger charge is 2.09. The van der Waals surface area contributed by atoms with Gasteiger partial charge in [0.2, 0.25) is 0 Å². The van der Waals surface area contributed by atoms with E-state index in [1.807, 2.05) is 0 Å². The third-order valence-electron chi connectivity index (χ3n) is 1.92. The van der Waals surface area contributed by atoms with Crippen LogP contribution in [0.5, 0.6) is 5.75 Å². The van der Waals surface area contributed by atoms with Crippen LogP contribution < -0.4 is 4.74 Å². The van der Waals surface area contributed by atoms with Crippen LogP contribution >= 0.6 is 11.6 Å². The summed E-state index contributed by atoms with van der Waals surface area (Å²) in [5, 5.41) is 8.89. The first kappa shape index (κ1) is 12.8. The molecule has 0 amide bonds. The Balaban J connectivity index is 2.66. The van der Waals surface area contributed by atoms with Crippen LogP contribution in [0.3, 0.4) is 0 Å². The molecule has 1 N–H and O–H groups in total. The van der Waals surface area contributed by atoms with Crippen molar-refractivity contribution in [1.82, 2.24) is 0 Å². The monoisotopic (exact) mass is 244 g/mol. The molecule has 88 valence electrons. The second-order valence-electron chi connectivity index (χ2n) is 3.06. The van der Waals surface area contributed by atoms with E-state index >= 15 is 0 Å². The van der Waals surface area contributed by atoms with E-state index in [1.165, 1.54) is 13.2 Å². The fourth-order valence-electron chi connectivity index (χ4n) is 1.11. The van der Waals surface area contributed by atoms with Crippen molar-refractivity contribution in [3.05, 3.63) is 28.8 Å². The van der Waals surface area contributed by atoms with E-state index in [0.717, 1.165) is 0 Å². The molecule has 0 bridgehead atoms. The zero-order chi connectivity index (χ0) is 12.0.